The van der Waals surface area contributed by atoms with E-state index in [1.807, 2.05) is 6.07 Å². The van der Waals surface area contributed by atoms with Gasteiger partial charge in [0.25, 0.3) is 0 Å². The molecule has 0 bridgehead atoms. The summed E-state index contributed by atoms with van der Waals surface area (Å²) in [6.07, 6.45) is 9.79. The minimum absolute atomic E-state index is 0.212. The van der Waals surface area contributed by atoms with E-state index in [-0.39, 0.29) is 5.92 Å². The third kappa shape index (κ3) is 4.26. The lowest BCUT2D eigenvalue weighted by molar-refractivity contribution is -0.137. The molecular formula is C17H27N3O. The number of likely N-dealkylation sites (tertiary alicyclic amines) is 1. The first kappa shape index (κ1) is 15.9. The lowest BCUT2D eigenvalue weighted by Crippen LogP contribution is -2.42. The molecule has 4 nitrogen and oxygen atoms in total. The number of nitrogens with zero attached hydrogens (tertiary/aromatic N) is 3. The summed E-state index contributed by atoms with van der Waals surface area (Å²) in [5.41, 5.74) is 1.07. The Balaban J connectivity index is 2.01. The van der Waals surface area contributed by atoms with Gasteiger partial charge in [-0.2, -0.15) is 0 Å². The lowest BCUT2D eigenvalue weighted by atomic mass is 9.91. The van der Waals surface area contributed by atoms with Gasteiger partial charge in [-0.3, -0.25) is 4.79 Å². The molecule has 0 aromatic carbocycles. The van der Waals surface area contributed by atoms with Gasteiger partial charge in [0.1, 0.15) is 6.33 Å². The zero-order valence-corrected chi connectivity index (χ0v) is 13.3. The van der Waals surface area contributed by atoms with Crippen LogP contribution in [0, 0.1) is 5.92 Å². The molecule has 1 amide bonds. The van der Waals surface area contributed by atoms with Gasteiger partial charge in [-0.25, -0.2) is 9.97 Å². The van der Waals surface area contributed by atoms with Crippen LogP contribution in [0.2, 0.25) is 0 Å². The second kappa shape index (κ2) is 8.11. The summed E-state index contributed by atoms with van der Waals surface area (Å²) in [5.74, 6) is 0.941. The van der Waals surface area contributed by atoms with Crippen LogP contribution < -0.4 is 0 Å². The second-order valence-corrected chi connectivity index (χ2v) is 6.03. The van der Waals surface area contributed by atoms with Crippen molar-refractivity contribution in [2.75, 3.05) is 13.1 Å². The van der Waals surface area contributed by atoms with E-state index in [9.17, 15) is 4.79 Å². The quantitative estimate of drug-likeness (QED) is 0.806. The van der Waals surface area contributed by atoms with Crippen LogP contribution in [0.1, 0.15) is 64.0 Å². The molecule has 1 aromatic heterocycles. The van der Waals surface area contributed by atoms with E-state index in [1.54, 1.807) is 12.5 Å². The van der Waals surface area contributed by atoms with E-state index in [0.29, 0.717) is 11.8 Å². The summed E-state index contributed by atoms with van der Waals surface area (Å²) >= 11 is 0. The molecule has 2 heterocycles. The normalized spacial score (nSPS) is 19.0. The van der Waals surface area contributed by atoms with Crippen molar-refractivity contribution in [1.29, 1.82) is 0 Å². The number of piperidine rings is 1. The van der Waals surface area contributed by atoms with Crippen LogP contribution in [0.5, 0.6) is 0 Å². The minimum atomic E-state index is 0.212. The van der Waals surface area contributed by atoms with Crippen molar-refractivity contribution in [3.63, 3.8) is 0 Å². The maximum absolute atomic E-state index is 12.7. The molecule has 4 heteroatoms. The smallest absolute Gasteiger partial charge is 0.225 e. The Bertz CT molecular complexity index is 429. The molecule has 1 fully saturated rings. The van der Waals surface area contributed by atoms with Gasteiger partial charge < -0.3 is 4.90 Å². The van der Waals surface area contributed by atoms with Crippen molar-refractivity contribution in [2.24, 2.45) is 5.92 Å². The third-order valence-corrected chi connectivity index (χ3v) is 4.38. The Hall–Kier alpha value is -1.45. The molecule has 0 unspecified atom stereocenters. The van der Waals surface area contributed by atoms with Gasteiger partial charge in [-0.15, -0.1) is 0 Å². The first-order valence-electron chi connectivity index (χ1n) is 8.30. The highest BCUT2D eigenvalue weighted by Gasteiger charge is 2.29. The van der Waals surface area contributed by atoms with E-state index in [4.69, 9.17) is 0 Å². The average Bonchev–Trinajstić information content (AvgIpc) is 2.55. The molecule has 1 aliphatic heterocycles. The van der Waals surface area contributed by atoms with Crippen LogP contribution in [-0.2, 0) is 4.79 Å². The topological polar surface area (TPSA) is 46.1 Å². The number of rotatable bonds is 6. The number of hydrogen-bond acceptors (Lipinski definition) is 3. The third-order valence-electron chi connectivity index (χ3n) is 4.38. The Kier molecular flexibility index (Phi) is 6.15. The van der Waals surface area contributed by atoms with Gasteiger partial charge >= 0.3 is 0 Å². The summed E-state index contributed by atoms with van der Waals surface area (Å²) in [5, 5.41) is 0. The molecule has 116 valence electrons. The molecule has 1 saturated heterocycles. The Morgan fingerprint density at radius 2 is 2.14 bits per heavy atom. The predicted octanol–water partition coefficient (Wildman–Crippen LogP) is 3.40. The lowest BCUT2D eigenvalue weighted by Gasteiger charge is -2.34. The molecule has 2 rings (SSSR count). The van der Waals surface area contributed by atoms with Crippen LogP contribution in [0.15, 0.2) is 18.6 Å². The van der Waals surface area contributed by atoms with Crippen molar-refractivity contribution in [3.8, 4) is 0 Å². The van der Waals surface area contributed by atoms with Crippen LogP contribution >= 0.6 is 0 Å². The van der Waals surface area contributed by atoms with Crippen LogP contribution in [0.3, 0.4) is 0 Å². The summed E-state index contributed by atoms with van der Waals surface area (Å²) in [6, 6.07) is 1.98. The fourth-order valence-electron chi connectivity index (χ4n) is 3.31. The van der Waals surface area contributed by atoms with Crippen molar-refractivity contribution >= 4 is 5.91 Å². The van der Waals surface area contributed by atoms with Crippen molar-refractivity contribution in [3.05, 3.63) is 24.3 Å². The number of amides is 1. The molecule has 1 aliphatic rings. The molecular weight excluding hydrogens is 262 g/mol. The fourth-order valence-corrected chi connectivity index (χ4v) is 3.31. The molecule has 0 N–H and O–H groups in total. The maximum Gasteiger partial charge on any atom is 0.225 e. The highest BCUT2D eigenvalue weighted by atomic mass is 16.2. The van der Waals surface area contributed by atoms with Crippen LogP contribution in [0.25, 0.3) is 0 Å². The Morgan fingerprint density at radius 3 is 2.76 bits per heavy atom. The van der Waals surface area contributed by atoms with Gasteiger partial charge in [0.2, 0.25) is 5.91 Å². The molecule has 0 radical (unpaired) electrons. The largest absolute Gasteiger partial charge is 0.342 e. The summed E-state index contributed by atoms with van der Waals surface area (Å²) in [4.78, 5) is 23.2. The number of carbonyl (C=O) groups excluding carboxylic acids is 1. The number of carbonyl (C=O) groups is 1. The molecule has 1 atom stereocenters. The van der Waals surface area contributed by atoms with Gasteiger partial charge in [0.05, 0.1) is 0 Å². The highest BCUT2D eigenvalue weighted by Crippen LogP contribution is 2.27. The van der Waals surface area contributed by atoms with E-state index in [1.165, 1.54) is 0 Å². The number of hydrogen-bond donors (Lipinski definition) is 0. The van der Waals surface area contributed by atoms with Gasteiger partial charge in [-0.1, -0.05) is 26.7 Å². The zero-order valence-electron chi connectivity index (χ0n) is 13.3. The molecule has 0 saturated carbocycles. The fraction of sp³-hybridized carbons (Fsp3) is 0.706. The maximum atomic E-state index is 12.7. The standard InChI is InChI=1S/C17H27N3O/c1-3-6-14(7-4-2)17(21)20-11-5-8-15(12-20)16-9-10-18-13-19-16/h9-10,13-15H,3-8,11-12H2,1-2H3/t15-/m1/s1. The van der Waals surface area contributed by atoms with E-state index < -0.39 is 0 Å². The van der Waals surface area contributed by atoms with Gasteiger partial charge in [0.15, 0.2) is 0 Å². The average molecular weight is 289 g/mol. The van der Waals surface area contributed by atoms with E-state index in [2.05, 4.69) is 28.7 Å². The predicted molar refractivity (Wildman–Crippen MR) is 83.9 cm³/mol. The van der Waals surface area contributed by atoms with Crippen LogP contribution in [-0.4, -0.2) is 33.9 Å². The second-order valence-electron chi connectivity index (χ2n) is 6.03. The van der Waals surface area contributed by atoms with E-state index >= 15 is 0 Å². The first-order valence-corrected chi connectivity index (χ1v) is 8.30. The van der Waals surface area contributed by atoms with Crippen molar-refractivity contribution in [1.82, 2.24) is 14.9 Å². The van der Waals surface area contributed by atoms with Crippen molar-refractivity contribution < 1.29 is 4.79 Å². The zero-order chi connectivity index (χ0) is 15.1. The number of aromatic nitrogens is 2. The monoisotopic (exact) mass is 289 g/mol. The summed E-state index contributed by atoms with van der Waals surface area (Å²) in [6.45, 7) is 6.05. The first-order chi connectivity index (χ1) is 10.3. The van der Waals surface area contributed by atoms with Gasteiger partial charge in [0, 0.05) is 36.8 Å². The SMILES string of the molecule is CCCC(CCC)C(=O)N1CCC[C@@H](c2ccncn2)C1. The molecule has 1 aromatic rings. The summed E-state index contributed by atoms with van der Waals surface area (Å²) < 4.78 is 0. The van der Waals surface area contributed by atoms with Gasteiger partial charge in [-0.05, 0) is 31.7 Å². The molecule has 0 spiro atoms. The van der Waals surface area contributed by atoms with Crippen molar-refractivity contribution in [2.45, 2.75) is 58.3 Å². The summed E-state index contributed by atoms with van der Waals surface area (Å²) in [7, 11) is 0. The Morgan fingerprint density at radius 1 is 1.38 bits per heavy atom. The van der Waals surface area contributed by atoms with E-state index in [0.717, 1.165) is 57.3 Å². The Labute approximate surface area is 128 Å². The highest BCUT2D eigenvalue weighted by molar-refractivity contribution is 5.79. The van der Waals surface area contributed by atoms with Crippen LogP contribution in [0.4, 0.5) is 0 Å². The molecule has 0 aliphatic carbocycles. The minimum Gasteiger partial charge on any atom is -0.342 e. The molecule has 21 heavy (non-hydrogen) atoms.